The summed E-state index contributed by atoms with van der Waals surface area (Å²) in [4.78, 5) is 30.0. The van der Waals surface area contributed by atoms with Gasteiger partial charge in [0.05, 0.1) is 23.6 Å². The molecule has 0 unspecified atom stereocenters. The van der Waals surface area contributed by atoms with Gasteiger partial charge in [-0.05, 0) is 18.2 Å². The van der Waals surface area contributed by atoms with Gasteiger partial charge in [-0.25, -0.2) is 0 Å². The molecule has 10 heteroatoms. The van der Waals surface area contributed by atoms with Crippen LogP contribution in [0.3, 0.4) is 0 Å². The molecule has 0 bridgehead atoms. The number of amides is 2. The fourth-order valence-electron chi connectivity index (χ4n) is 3.54. The lowest BCUT2D eigenvalue weighted by molar-refractivity contribution is -0.135. The first kappa shape index (κ1) is 20.2. The van der Waals surface area contributed by atoms with Crippen molar-refractivity contribution in [3.05, 3.63) is 29.8 Å². The Morgan fingerprint density at radius 3 is 2.50 bits per heavy atom. The standard InChI is InChI=1S/C18H26ClN7O2/c1-2-16(27)26-10-13(11-26)24-3-5-25(6-4-24)17(28)9-22-15-8-12(19)7-14(20)18(15)23-21/h2,7-8,13,22-23H,1,3-6,9-11,20-21H2. The van der Waals surface area contributed by atoms with E-state index in [2.05, 4.69) is 22.2 Å². The van der Waals surface area contributed by atoms with Crippen LogP contribution in [0.5, 0.6) is 0 Å². The number of benzene rings is 1. The zero-order chi connectivity index (χ0) is 20.3. The van der Waals surface area contributed by atoms with Gasteiger partial charge in [-0.15, -0.1) is 0 Å². The summed E-state index contributed by atoms with van der Waals surface area (Å²) in [6, 6.07) is 3.63. The number of likely N-dealkylation sites (tertiary alicyclic amines) is 1. The second-order valence-electron chi connectivity index (χ2n) is 6.93. The van der Waals surface area contributed by atoms with Gasteiger partial charge in [-0.1, -0.05) is 18.2 Å². The van der Waals surface area contributed by atoms with E-state index in [0.717, 1.165) is 26.2 Å². The number of piperazine rings is 1. The third kappa shape index (κ3) is 4.32. The molecule has 2 aliphatic heterocycles. The predicted molar refractivity (Wildman–Crippen MR) is 111 cm³/mol. The van der Waals surface area contributed by atoms with Crippen LogP contribution in [0.15, 0.2) is 24.8 Å². The van der Waals surface area contributed by atoms with Crippen LogP contribution in [0.4, 0.5) is 17.1 Å². The van der Waals surface area contributed by atoms with Crippen molar-refractivity contribution in [1.29, 1.82) is 0 Å². The normalized spacial score (nSPS) is 17.8. The van der Waals surface area contributed by atoms with Gasteiger partial charge in [0.1, 0.15) is 0 Å². The number of hydrogen-bond acceptors (Lipinski definition) is 7. The highest BCUT2D eigenvalue weighted by molar-refractivity contribution is 6.31. The van der Waals surface area contributed by atoms with Gasteiger partial charge < -0.3 is 26.3 Å². The van der Waals surface area contributed by atoms with Crippen molar-refractivity contribution in [2.75, 3.05) is 62.3 Å². The van der Waals surface area contributed by atoms with Crippen molar-refractivity contribution in [1.82, 2.24) is 14.7 Å². The van der Waals surface area contributed by atoms with Crippen LogP contribution in [0.1, 0.15) is 0 Å². The summed E-state index contributed by atoms with van der Waals surface area (Å²) in [5.41, 5.74) is 9.91. The molecular weight excluding hydrogens is 382 g/mol. The molecule has 0 spiro atoms. The van der Waals surface area contributed by atoms with Crippen LogP contribution in [-0.2, 0) is 9.59 Å². The average Bonchev–Trinajstić information content (AvgIpc) is 2.65. The first-order valence-electron chi connectivity index (χ1n) is 9.15. The second-order valence-corrected chi connectivity index (χ2v) is 7.37. The van der Waals surface area contributed by atoms with E-state index in [0.29, 0.717) is 41.2 Å². The number of rotatable bonds is 6. The van der Waals surface area contributed by atoms with Gasteiger partial charge >= 0.3 is 0 Å². The van der Waals surface area contributed by atoms with E-state index >= 15 is 0 Å². The lowest BCUT2D eigenvalue weighted by Gasteiger charge is -2.47. The Balaban J connectivity index is 1.46. The molecule has 2 fully saturated rings. The Kier molecular flexibility index (Phi) is 6.28. The van der Waals surface area contributed by atoms with E-state index < -0.39 is 0 Å². The number of nitrogens with one attached hydrogen (secondary N) is 2. The molecule has 28 heavy (non-hydrogen) atoms. The maximum atomic E-state index is 12.5. The van der Waals surface area contributed by atoms with E-state index in [1.165, 1.54) is 6.08 Å². The predicted octanol–water partition coefficient (Wildman–Crippen LogP) is 0.161. The van der Waals surface area contributed by atoms with Crippen molar-refractivity contribution in [3.8, 4) is 0 Å². The number of hydrazine groups is 1. The van der Waals surface area contributed by atoms with E-state index in [-0.39, 0.29) is 18.4 Å². The van der Waals surface area contributed by atoms with Crippen LogP contribution in [-0.4, -0.2) is 78.4 Å². The van der Waals surface area contributed by atoms with Crippen LogP contribution >= 0.6 is 11.6 Å². The molecule has 0 atom stereocenters. The molecule has 0 saturated carbocycles. The summed E-state index contributed by atoms with van der Waals surface area (Å²) >= 11 is 6.03. The minimum Gasteiger partial charge on any atom is -0.397 e. The molecule has 2 aliphatic rings. The van der Waals surface area contributed by atoms with E-state index in [9.17, 15) is 9.59 Å². The molecule has 0 aliphatic carbocycles. The van der Waals surface area contributed by atoms with Gasteiger partial charge in [0.15, 0.2) is 0 Å². The van der Waals surface area contributed by atoms with Crippen molar-refractivity contribution in [3.63, 3.8) is 0 Å². The number of carbonyl (C=O) groups is 2. The maximum Gasteiger partial charge on any atom is 0.246 e. The van der Waals surface area contributed by atoms with Crippen LogP contribution in [0.2, 0.25) is 5.02 Å². The van der Waals surface area contributed by atoms with E-state index in [4.69, 9.17) is 23.2 Å². The zero-order valence-electron chi connectivity index (χ0n) is 15.7. The molecule has 152 valence electrons. The average molecular weight is 408 g/mol. The number of nitrogens with zero attached hydrogens (tertiary/aromatic N) is 3. The Hall–Kier alpha value is -2.49. The van der Waals surface area contributed by atoms with Gasteiger partial charge in [0, 0.05) is 50.3 Å². The first-order valence-corrected chi connectivity index (χ1v) is 9.53. The van der Waals surface area contributed by atoms with Gasteiger partial charge in [-0.3, -0.25) is 20.3 Å². The molecule has 2 saturated heterocycles. The largest absolute Gasteiger partial charge is 0.397 e. The molecule has 9 nitrogen and oxygen atoms in total. The molecule has 2 heterocycles. The van der Waals surface area contributed by atoms with Crippen LogP contribution in [0.25, 0.3) is 0 Å². The van der Waals surface area contributed by atoms with Crippen molar-refractivity contribution >= 4 is 40.5 Å². The number of anilines is 3. The van der Waals surface area contributed by atoms with Gasteiger partial charge in [0.25, 0.3) is 0 Å². The molecule has 1 aromatic rings. The number of nitrogen functional groups attached to an aromatic ring is 2. The van der Waals surface area contributed by atoms with Gasteiger partial charge in [-0.2, -0.15) is 0 Å². The third-order valence-corrected chi connectivity index (χ3v) is 5.46. The minimum absolute atomic E-state index is 0.00163. The molecular formula is C18H26ClN7O2. The van der Waals surface area contributed by atoms with Crippen molar-refractivity contribution < 1.29 is 9.59 Å². The molecule has 6 N–H and O–H groups in total. The Morgan fingerprint density at radius 1 is 1.21 bits per heavy atom. The minimum atomic E-state index is -0.0240. The SMILES string of the molecule is C=CC(=O)N1CC(N2CCN(C(=O)CNc3cc(Cl)cc(N)c3NN)CC2)C1. The van der Waals surface area contributed by atoms with E-state index in [1.807, 2.05) is 4.90 Å². The first-order chi connectivity index (χ1) is 13.4. The molecule has 2 amide bonds. The van der Waals surface area contributed by atoms with Crippen LogP contribution in [0, 0.1) is 0 Å². The van der Waals surface area contributed by atoms with E-state index in [1.54, 1.807) is 17.0 Å². The lowest BCUT2D eigenvalue weighted by Crippen LogP contribution is -2.64. The summed E-state index contributed by atoms with van der Waals surface area (Å²) in [5.74, 6) is 5.48. The Bertz CT molecular complexity index is 759. The summed E-state index contributed by atoms with van der Waals surface area (Å²) in [6.07, 6.45) is 1.35. The second kappa shape index (κ2) is 8.68. The highest BCUT2D eigenvalue weighted by Crippen LogP contribution is 2.31. The number of carbonyl (C=O) groups excluding carboxylic acids is 2. The maximum absolute atomic E-state index is 12.5. The molecule has 0 aromatic heterocycles. The molecule has 3 rings (SSSR count). The number of hydrogen-bond donors (Lipinski definition) is 4. The highest BCUT2D eigenvalue weighted by Gasteiger charge is 2.35. The summed E-state index contributed by atoms with van der Waals surface area (Å²) in [6.45, 7) is 8.00. The number of nitrogens with two attached hydrogens (primary N) is 2. The van der Waals surface area contributed by atoms with Crippen molar-refractivity contribution in [2.45, 2.75) is 6.04 Å². The Labute approximate surface area is 169 Å². The highest BCUT2D eigenvalue weighted by atomic mass is 35.5. The Morgan fingerprint density at radius 2 is 1.89 bits per heavy atom. The quantitative estimate of drug-likeness (QED) is 0.229. The van der Waals surface area contributed by atoms with Gasteiger partial charge in [0.2, 0.25) is 11.8 Å². The monoisotopic (exact) mass is 407 g/mol. The fourth-order valence-corrected chi connectivity index (χ4v) is 3.77. The topological polar surface area (TPSA) is 120 Å². The smallest absolute Gasteiger partial charge is 0.246 e. The molecule has 1 aromatic carbocycles. The molecule has 0 radical (unpaired) electrons. The third-order valence-electron chi connectivity index (χ3n) is 5.24. The summed E-state index contributed by atoms with van der Waals surface area (Å²) in [7, 11) is 0. The zero-order valence-corrected chi connectivity index (χ0v) is 16.4. The lowest BCUT2D eigenvalue weighted by atomic mass is 10.1. The van der Waals surface area contributed by atoms with Crippen molar-refractivity contribution in [2.24, 2.45) is 5.84 Å². The fraction of sp³-hybridized carbons (Fsp3) is 0.444. The van der Waals surface area contributed by atoms with Crippen LogP contribution < -0.4 is 22.3 Å². The summed E-state index contributed by atoms with van der Waals surface area (Å²) in [5, 5.41) is 3.52. The number of halogens is 1. The summed E-state index contributed by atoms with van der Waals surface area (Å²) < 4.78 is 0.